The number of hydrogen-bond donors (Lipinski definition) is 2. The summed E-state index contributed by atoms with van der Waals surface area (Å²) in [6.07, 6.45) is 2.17. The van der Waals surface area contributed by atoms with Gasteiger partial charge in [-0.15, -0.1) is 11.3 Å². The van der Waals surface area contributed by atoms with Crippen molar-refractivity contribution >= 4 is 33.4 Å². The summed E-state index contributed by atoms with van der Waals surface area (Å²) in [4.78, 5) is 25.5. The van der Waals surface area contributed by atoms with Gasteiger partial charge in [-0.25, -0.2) is 4.79 Å². The number of rotatable bonds is 5. The second kappa shape index (κ2) is 7.66. The number of urea groups is 1. The van der Waals surface area contributed by atoms with Crippen molar-refractivity contribution in [3.8, 4) is 0 Å². The van der Waals surface area contributed by atoms with E-state index in [4.69, 9.17) is 0 Å². The van der Waals surface area contributed by atoms with Gasteiger partial charge >= 0.3 is 6.03 Å². The number of amides is 3. The number of benzene rings is 1. The highest BCUT2D eigenvalue weighted by molar-refractivity contribution is 7.17. The molecule has 2 N–H and O–H groups in total. The number of fused-ring (bicyclic) bond motifs is 1. The summed E-state index contributed by atoms with van der Waals surface area (Å²) in [7, 11) is 0. The summed E-state index contributed by atoms with van der Waals surface area (Å²) in [5.41, 5.74) is 1.27. The van der Waals surface area contributed by atoms with E-state index in [2.05, 4.69) is 28.1 Å². The van der Waals surface area contributed by atoms with Gasteiger partial charge in [-0.05, 0) is 35.2 Å². The molecule has 0 radical (unpaired) electrons. The second-order valence-electron chi connectivity index (χ2n) is 6.09. The largest absolute Gasteiger partial charge is 0.341 e. The first-order valence-corrected chi connectivity index (χ1v) is 9.32. The van der Waals surface area contributed by atoms with Crippen LogP contribution in [0.1, 0.15) is 25.3 Å². The number of carbonyl (C=O) groups excluding carboxylic acids is 2. The van der Waals surface area contributed by atoms with Gasteiger partial charge < -0.3 is 15.5 Å². The third-order valence-corrected chi connectivity index (χ3v) is 5.43. The molecule has 2 heterocycles. The van der Waals surface area contributed by atoms with Gasteiger partial charge in [-0.2, -0.15) is 0 Å². The molecular formula is C18H23N3O2S. The Morgan fingerprint density at radius 3 is 3.00 bits per heavy atom. The van der Waals surface area contributed by atoms with E-state index in [0.717, 1.165) is 19.4 Å². The van der Waals surface area contributed by atoms with Gasteiger partial charge in [-0.3, -0.25) is 4.79 Å². The Labute approximate surface area is 146 Å². The van der Waals surface area contributed by atoms with E-state index in [-0.39, 0.29) is 18.0 Å². The summed E-state index contributed by atoms with van der Waals surface area (Å²) in [6.45, 7) is 3.83. The molecule has 128 valence electrons. The van der Waals surface area contributed by atoms with Gasteiger partial charge in [0.05, 0.1) is 0 Å². The summed E-state index contributed by atoms with van der Waals surface area (Å²) < 4.78 is 1.28. The molecule has 1 aromatic heterocycles. The maximum absolute atomic E-state index is 12.0. The topological polar surface area (TPSA) is 61.4 Å². The lowest BCUT2D eigenvalue weighted by Gasteiger charge is -2.16. The van der Waals surface area contributed by atoms with Gasteiger partial charge in [0.2, 0.25) is 5.91 Å². The van der Waals surface area contributed by atoms with E-state index < -0.39 is 0 Å². The highest BCUT2D eigenvalue weighted by atomic mass is 32.1. The highest BCUT2D eigenvalue weighted by Crippen LogP contribution is 2.25. The molecule has 0 bridgehead atoms. The van der Waals surface area contributed by atoms with Gasteiger partial charge in [0.1, 0.15) is 0 Å². The van der Waals surface area contributed by atoms with E-state index in [0.29, 0.717) is 19.5 Å². The fourth-order valence-electron chi connectivity index (χ4n) is 3.10. The SMILES string of the molecule is CCC(=O)N1CC[C@@H](NC(=O)NCCc2csc3ccccc23)C1. The van der Waals surface area contributed by atoms with E-state index in [9.17, 15) is 9.59 Å². The first kappa shape index (κ1) is 16.8. The average Bonchev–Trinajstić information content (AvgIpc) is 3.22. The maximum atomic E-state index is 12.0. The molecule has 1 saturated heterocycles. The number of nitrogens with zero attached hydrogens (tertiary/aromatic N) is 1. The molecule has 1 fully saturated rings. The van der Waals surface area contributed by atoms with Gasteiger partial charge in [0.25, 0.3) is 0 Å². The first-order chi connectivity index (χ1) is 11.7. The van der Waals surface area contributed by atoms with Gasteiger partial charge in [0.15, 0.2) is 0 Å². The molecule has 0 aliphatic carbocycles. The Balaban J connectivity index is 1.42. The average molecular weight is 345 g/mol. The normalized spacial score (nSPS) is 17.2. The van der Waals surface area contributed by atoms with Crippen LogP contribution in [0.5, 0.6) is 0 Å². The molecule has 5 nitrogen and oxygen atoms in total. The van der Waals surface area contributed by atoms with Crippen LogP contribution in [-0.4, -0.2) is 42.5 Å². The van der Waals surface area contributed by atoms with Crippen molar-refractivity contribution < 1.29 is 9.59 Å². The standard InChI is InChI=1S/C18H23N3O2S/c1-2-17(22)21-10-8-14(11-21)20-18(23)19-9-7-13-12-24-16-6-4-3-5-15(13)16/h3-6,12,14H,2,7-11H2,1H3,(H2,19,20,23)/t14-/m1/s1. The van der Waals surface area contributed by atoms with Crippen molar-refractivity contribution in [1.29, 1.82) is 0 Å². The van der Waals surface area contributed by atoms with E-state index >= 15 is 0 Å². The molecule has 0 spiro atoms. The molecule has 24 heavy (non-hydrogen) atoms. The summed E-state index contributed by atoms with van der Waals surface area (Å²) in [5, 5.41) is 9.32. The lowest BCUT2D eigenvalue weighted by molar-refractivity contribution is -0.129. The van der Waals surface area contributed by atoms with E-state index in [1.807, 2.05) is 24.0 Å². The minimum absolute atomic E-state index is 0.0578. The Morgan fingerprint density at radius 2 is 2.17 bits per heavy atom. The van der Waals surface area contributed by atoms with Crippen LogP contribution in [-0.2, 0) is 11.2 Å². The van der Waals surface area contributed by atoms with E-state index in [1.165, 1.54) is 15.6 Å². The van der Waals surface area contributed by atoms with Gasteiger partial charge in [-0.1, -0.05) is 25.1 Å². The van der Waals surface area contributed by atoms with Crippen LogP contribution in [0.2, 0.25) is 0 Å². The Hall–Kier alpha value is -2.08. The van der Waals surface area contributed by atoms with Crippen molar-refractivity contribution in [1.82, 2.24) is 15.5 Å². The zero-order chi connectivity index (χ0) is 16.9. The van der Waals surface area contributed by atoms with Crippen molar-refractivity contribution in [3.05, 3.63) is 35.2 Å². The Kier molecular flexibility index (Phi) is 5.35. The first-order valence-electron chi connectivity index (χ1n) is 8.44. The predicted octanol–water partition coefficient (Wildman–Crippen LogP) is 2.75. The van der Waals surface area contributed by atoms with E-state index in [1.54, 1.807) is 11.3 Å². The molecule has 3 amide bonds. The van der Waals surface area contributed by atoms with Crippen LogP contribution < -0.4 is 10.6 Å². The van der Waals surface area contributed by atoms with Crippen molar-refractivity contribution in [2.45, 2.75) is 32.2 Å². The number of nitrogens with one attached hydrogen (secondary N) is 2. The lowest BCUT2D eigenvalue weighted by Crippen LogP contribution is -2.44. The fraction of sp³-hybridized carbons (Fsp3) is 0.444. The molecule has 0 saturated carbocycles. The molecule has 2 aromatic rings. The summed E-state index contributed by atoms with van der Waals surface area (Å²) >= 11 is 1.74. The number of hydrogen-bond acceptors (Lipinski definition) is 3. The third-order valence-electron chi connectivity index (χ3n) is 4.42. The molecule has 1 atom stereocenters. The Bertz CT molecular complexity index is 728. The van der Waals surface area contributed by atoms with Gasteiger partial charge in [0, 0.05) is 36.8 Å². The molecule has 0 unspecified atom stereocenters. The molecule has 1 aromatic carbocycles. The lowest BCUT2D eigenvalue weighted by atomic mass is 10.1. The zero-order valence-electron chi connectivity index (χ0n) is 13.9. The minimum Gasteiger partial charge on any atom is -0.341 e. The van der Waals surface area contributed by atoms with Crippen LogP contribution in [0, 0.1) is 0 Å². The molecule has 3 rings (SSSR count). The molecule has 1 aliphatic rings. The molecule has 1 aliphatic heterocycles. The zero-order valence-corrected chi connectivity index (χ0v) is 14.7. The monoisotopic (exact) mass is 345 g/mol. The number of likely N-dealkylation sites (tertiary alicyclic amines) is 1. The van der Waals surface area contributed by atoms with Crippen LogP contribution >= 0.6 is 11.3 Å². The molecular weight excluding hydrogens is 322 g/mol. The molecule has 6 heteroatoms. The van der Waals surface area contributed by atoms with Crippen LogP contribution in [0.3, 0.4) is 0 Å². The second-order valence-corrected chi connectivity index (χ2v) is 7.00. The Morgan fingerprint density at radius 1 is 1.33 bits per heavy atom. The summed E-state index contributed by atoms with van der Waals surface area (Å²) in [5.74, 6) is 0.157. The minimum atomic E-state index is -0.148. The van der Waals surface area contributed by atoms with Crippen LogP contribution in [0.25, 0.3) is 10.1 Å². The fourth-order valence-corrected chi connectivity index (χ4v) is 4.10. The predicted molar refractivity (Wildman–Crippen MR) is 97.3 cm³/mol. The maximum Gasteiger partial charge on any atom is 0.315 e. The highest BCUT2D eigenvalue weighted by Gasteiger charge is 2.26. The summed E-state index contributed by atoms with van der Waals surface area (Å²) in [6, 6.07) is 8.24. The number of carbonyl (C=O) groups is 2. The van der Waals surface area contributed by atoms with Crippen molar-refractivity contribution in [2.24, 2.45) is 0 Å². The smallest absolute Gasteiger partial charge is 0.315 e. The quantitative estimate of drug-likeness (QED) is 0.875. The van der Waals surface area contributed by atoms with Crippen molar-refractivity contribution in [2.75, 3.05) is 19.6 Å². The number of thiophene rings is 1. The van der Waals surface area contributed by atoms with Crippen LogP contribution in [0.15, 0.2) is 29.6 Å². The van der Waals surface area contributed by atoms with Crippen molar-refractivity contribution in [3.63, 3.8) is 0 Å². The third kappa shape index (κ3) is 3.87. The van der Waals surface area contributed by atoms with Crippen LogP contribution in [0.4, 0.5) is 4.79 Å².